The fourth-order valence-corrected chi connectivity index (χ4v) is 4.81. The molecule has 0 aromatic carbocycles. The minimum absolute atomic E-state index is 0.118. The fraction of sp³-hybridized carbons (Fsp3) is 0.778. The Kier molecular flexibility index (Phi) is 6.06. The summed E-state index contributed by atoms with van der Waals surface area (Å²) in [5.41, 5.74) is 7.25. The van der Waals surface area contributed by atoms with Crippen molar-refractivity contribution in [2.24, 2.45) is 11.7 Å². The lowest BCUT2D eigenvalue weighted by atomic mass is 9.85. The Labute approximate surface area is 143 Å². The minimum atomic E-state index is 0.118. The standard InChI is InChI=1S/C18H29N3OS/c19-15-8-4-7-14(11-15)18(22)20-10-9-17-21-16(12-23-17)13-5-2-1-3-6-13/h12-15H,1-11,19H2,(H,20,22). The normalized spacial score (nSPS) is 26.1. The summed E-state index contributed by atoms with van der Waals surface area (Å²) >= 11 is 1.75. The number of hydrogen-bond donors (Lipinski definition) is 2. The number of aromatic nitrogens is 1. The molecule has 2 unspecified atom stereocenters. The molecular weight excluding hydrogens is 306 g/mol. The minimum Gasteiger partial charge on any atom is -0.355 e. The van der Waals surface area contributed by atoms with E-state index in [0.29, 0.717) is 12.5 Å². The summed E-state index contributed by atoms with van der Waals surface area (Å²) in [6.45, 7) is 0.697. The van der Waals surface area contributed by atoms with Gasteiger partial charge in [-0.15, -0.1) is 11.3 Å². The number of carbonyl (C=O) groups excluding carboxylic acids is 1. The van der Waals surface area contributed by atoms with E-state index >= 15 is 0 Å². The van der Waals surface area contributed by atoms with Crippen LogP contribution in [-0.4, -0.2) is 23.5 Å². The molecule has 2 aliphatic carbocycles. The molecule has 1 amide bonds. The molecule has 0 aliphatic heterocycles. The van der Waals surface area contributed by atoms with Crippen molar-refractivity contribution in [3.05, 3.63) is 16.1 Å². The van der Waals surface area contributed by atoms with Gasteiger partial charge in [0.2, 0.25) is 5.91 Å². The zero-order valence-corrected chi connectivity index (χ0v) is 14.7. The molecule has 2 aliphatic rings. The van der Waals surface area contributed by atoms with E-state index in [-0.39, 0.29) is 17.9 Å². The monoisotopic (exact) mass is 335 g/mol. The van der Waals surface area contributed by atoms with Crippen LogP contribution in [0.5, 0.6) is 0 Å². The molecular formula is C18H29N3OS. The molecule has 1 aromatic heterocycles. The lowest BCUT2D eigenvalue weighted by molar-refractivity contribution is -0.126. The number of nitrogens with two attached hydrogens (primary N) is 1. The Morgan fingerprint density at radius 3 is 2.83 bits per heavy atom. The van der Waals surface area contributed by atoms with Gasteiger partial charge >= 0.3 is 0 Å². The number of thiazole rings is 1. The van der Waals surface area contributed by atoms with Crippen LogP contribution in [0.1, 0.15) is 74.4 Å². The second-order valence-electron chi connectivity index (χ2n) is 7.17. The predicted molar refractivity (Wildman–Crippen MR) is 94.6 cm³/mol. The first kappa shape index (κ1) is 16.9. The second-order valence-corrected chi connectivity index (χ2v) is 8.11. The molecule has 128 valence electrons. The van der Waals surface area contributed by atoms with Gasteiger partial charge in [-0.25, -0.2) is 4.98 Å². The van der Waals surface area contributed by atoms with E-state index in [1.54, 1.807) is 11.3 Å². The maximum absolute atomic E-state index is 12.2. The van der Waals surface area contributed by atoms with Crippen LogP contribution in [0.2, 0.25) is 0 Å². The molecule has 3 rings (SSSR count). The highest BCUT2D eigenvalue weighted by atomic mass is 32.1. The van der Waals surface area contributed by atoms with E-state index in [0.717, 1.165) is 37.1 Å². The molecule has 0 radical (unpaired) electrons. The van der Waals surface area contributed by atoms with Crippen LogP contribution < -0.4 is 11.1 Å². The Morgan fingerprint density at radius 1 is 1.22 bits per heavy atom. The zero-order chi connectivity index (χ0) is 16.1. The molecule has 0 saturated heterocycles. The molecule has 2 atom stereocenters. The molecule has 23 heavy (non-hydrogen) atoms. The number of nitrogens with one attached hydrogen (secondary N) is 1. The number of carbonyl (C=O) groups is 1. The van der Waals surface area contributed by atoms with E-state index in [9.17, 15) is 4.79 Å². The Bertz CT molecular complexity index is 510. The summed E-state index contributed by atoms with van der Waals surface area (Å²) in [6, 6.07) is 0.205. The van der Waals surface area contributed by atoms with E-state index < -0.39 is 0 Å². The maximum Gasteiger partial charge on any atom is 0.223 e. The summed E-state index contributed by atoms with van der Waals surface area (Å²) in [6.07, 6.45) is 11.5. The molecule has 2 fully saturated rings. The van der Waals surface area contributed by atoms with Crippen molar-refractivity contribution >= 4 is 17.2 Å². The van der Waals surface area contributed by atoms with E-state index in [1.807, 2.05) is 0 Å². The number of nitrogens with zero attached hydrogens (tertiary/aromatic N) is 1. The molecule has 5 heteroatoms. The summed E-state index contributed by atoms with van der Waals surface area (Å²) in [5.74, 6) is 0.976. The topological polar surface area (TPSA) is 68.0 Å². The zero-order valence-electron chi connectivity index (χ0n) is 13.9. The molecule has 4 nitrogen and oxygen atoms in total. The summed E-state index contributed by atoms with van der Waals surface area (Å²) in [4.78, 5) is 17.0. The van der Waals surface area contributed by atoms with Crippen molar-refractivity contribution in [3.8, 4) is 0 Å². The number of rotatable bonds is 5. The van der Waals surface area contributed by atoms with E-state index in [1.165, 1.54) is 37.8 Å². The fourth-order valence-electron chi connectivity index (χ4n) is 3.93. The largest absolute Gasteiger partial charge is 0.355 e. The van der Waals surface area contributed by atoms with Crippen LogP contribution in [0.4, 0.5) is 0 Å². The van der Waals surface area contributed by atoms with Crippen LogP contribution in [0.25, 0.3) is 0 Å². The predicted octanol–water partition coefficient (Wildman–Crippen LogP) is 3.37. The summed E-state index contributed by atoms with van der Waals surface area (Å²) in [5, 5.41) is 6.47. The first-order valence-corrected chi connectivity index (χ1v) is 10.1. The molecule has 0 spiro atoms. The average molecular weight is 336 g/mol. The number of hydrogen-bond acceptors (Lipinski definition) is 4. The maximum atomic E-state index is 12.2. The van der Waals surface area contributed by atoms with Crippen molar-refractivity contribution in [2.75, 3.05) is 6.54 Å². The van der Waals surface area contributed by atoms with Gasteiger partial charge in [-0.05, 0) is 32.1 Å². The molecule has 1 heterocycles. The first-order chi connectivity index (χ1) is 11.2. The Morgan fingerprint density at radius 2 is 2.04 bits per heavy atom. The average Bonchev–Trinajstić information content (AvgIpc) is 3.04. The Hall–Kier alpha value is -0.940. The third-order valence-corrected chi connectivity index (χ3v) is 6.24. The SMILES string of the molecule is NC1CCCC(C(=O)NCCc2nc(C3CCCCC3)cs2)C1. The lowest BCUT2D eigenvalue weighted by Gasteiger charge is -2.25. The van der Waals surface area contributed by atoms with E-state index in [2.05, 4.69) is 10.7 Å². The van der Waals surface area contributed by atoms with Gasteiger partial charge in [0, 0.05) is 36.2 Å². The van der Waals surface area contributed by atoms with Gasteiger partial charge in [0.05, 0.1) is 10.7 Å². The third-order valence-electron chi connectivity index (χ3n) is 5.32. The highest BCUT2D eigenvalue weighted by molar-refractivity contribution is 7.09. The van der Waals surface area contributed by atoms with Gasteiger partial charge in [0.1, 0.15) is 0 Å². The molecule has 2 saturated carbocycles. The summed E-state index contributed by atoms with van der Waals surface area (Å²) in [7, 11) is 0. The summed E-state index contributed by atoms with van der Waals surface area (Å²) < 4.78 is 0. The van der Waals surface area contributed by atoms with Gasteiger partial charge < -0.3 is 11.1 Å². The van der Waals surface area contributed by atoms with Crippen LogP contribution in [-0.2, 0) is 11.2 Å². The van der Waals surface area contributed by atoms with Crippen LogP contribution in [0.3, 0.4) is 0 Å². The number of amides is 1. The van der Waals surface area contributed by atoms with Crippen molar-refractivity contribution < 1.29 is 4.79 Å². The van der Waals surface area contributed by atoms with Crippen molar-refractivity contribution in [3.63, 3.8) is 0 Å². The van der Waals surface area contributed by atoms with Crippen LogP contribution in [0.15, 0.2) is 5.38 Å². The quantitative estimate of drug-likeness (QED) is 0.867. The molecule has 1 aromatic rings. The Balaban J connectivity index is 1.42. The first-order valence-electron chi connectivity index (χ1n) is 9.20. The van der Waals surface area contributed by atoms with Crippen LogP contribution >= 0.6 is 11.3 Å². The van der Waals surface area contributed by atoms with Gasteiger partial charge in [-0.2, -0.15) is 0 Å². The highest BCUT2D eigenvalue weighted by Gasteiger charge is 2.25. The van der Waals surface area contributed by atoms with Crippen molar-refractivity contribution in [1.29, 1.82) is 0 Å². The van der Waals surface area contributed by atoms with Gasteiger partial charge in [0.25, 0.3) is 0 Å². The van der Waals surface area contributed by atoms with Crippen molar-refractivity contribution in [1.82, 2.24) is 10.3 Å². The van der Waals surface area contributed by atoms with Gasteiger partial charge in [-0.1, -0.05) is 25.7 Å². The van der Waals surface area contributed by atoms with Gasteiger partial charge in [-0.3, -0.25) is 4.79 Å². The van der Waals surface area contributed by atoms with Crippen molar-refractivity contribution in [2.45, 2.75) is 76.2 Å². The molecule has 3 N–H and O–H groups in total. The second kappa shape index (κ2) is 8.25. The van der Waals surface area contributed by atoms with Gasteiger partial charge in [0.15, 0.2) is 0 Å². The molecule has 0 bridgehead atoms. The highest BCUT2D eigenvalue weighted by Crippen LogP contribution is 2.33. The van der Waals surface area contributed by atoms with Crippen LogP contribution in [0, 0.1) is 5.92 Å². The lowest BCUT2D eigenvalue weighted by Crippen LogP contribution is -2.38. The third kappa shape index (κ3) is 4.77. The van der Waals surface area contributed by atoms with E-state index in [4.69, 9.17) is 10.7 Å². The smallest absolute Gasteiger partial charge is 0.223 e.